The van der Waals surface area contributed by atoms with Crippen molar-refractivity contribution in [1.29, 1.82) is 0 Å². The van der Waals surface area contributed by atoms with Gasteiger partial charge in [0, 0.05) is 5.56 Å². The molecule has 0 amide bonds. The van der Waals surface area contributed by atoms with E-state index >= 15 is 0 Å². The predicted molar refractivity (Wildman–Crippen MR) is 90.1 cm³/mol. The molecule has 1 N–H and O–H groups in total. The van der Waals surface area contributed by atoms with Crippen LogP contribution in [-0.2, 0) is 4.79 Å². The first-order valence-corrected chi connectivity index (χ1v) is 7.04. The van der Waals surface area contributed by atoms with Gasteiger partial charge in [-0.25, -0.2) is 0 Å². The number of carbonyl (C=O) groups is 1. The van der Waals surface area contributed by atoms with Gasteiger partial charge in [-0.3, -0.25) is 4.79 Å². The van der Waals surface area contributed by atoms with Crippen molar-refractivity contribution in [2.45, 2.75) is 13.8 Å². The van der Waals surface area contributed by atoms with E-state index in [-0.39, 0.29) is 19.0 Å². The first kappa shape index (κ1) is 14.8. The monoisotopic (exact) mass is 302 g/mol. The highest BCUT2D eigenvalue weighted by Crippen LogP contribution is 2.36. The van der Waals surface area contributed by atoms with Crippen LogP contribution in [0.5, 0.6) is 5.75 Å². The fraction of sp³-hybridized carbons (Fsp3) is 0.125. The van der Waals surface area contributed by atoms with E-state index in [0.29, 0.717) is 21.1 Å². The quantitative estimate of drug-likeness (QED) is 0.619. The maximum Gasteiger partial charge on any atom is 0.175 e. The highest BCUT2D eigenvalue weighted by molar-refractivity contribution is 8.27. The lowest BCUT2D eigenvalue weighted by Gasteiger charge is -2.05. The Hall–Kier alpha value is -1.65. The van der Waals surface area contributed by atoms with E-state index in [1.807, 2.05) is 30.3 Å². The maximum absolute atomic E-state index is 11.8. The lowest BCUT2D eigenvalue weighted by molar-refractivity contribution is -0.113. The van der Waals surface area contributed by atoms with Crippen molar-refractivity contribution in [3.8, 4) is 5.75 Å². The van der Waals surface area contributed by atoms with Gasteiger partial charge in [-0.05, 0) is 22.9 Å². The number of hydrogen-bond donors (Lipinski definition) is 1. The van der Waals surface area contributed by atoms with Crippen LogP contribution in [0, 0.1) is 0 Å². The first-order chi connectivity index (χ1) is 9.15. The maximum atomic E-state index is 11.8. The van der Waals surface area contributed by atoms with Gasteiger partial charge in [0.25, 0.3) is 0 Å². The predicted octanol–water partition coefficient (Wildman–Crippen LogP) is 4.56. The number of ketones is 1. The molecule has 0 unspecified atom stereocenters. The van der Waals surface area contributed by atoms with Gasteiger partial charge < -0.3 is 5.11 Å². The van der Waals surface area contributed by atoms with Crippen molar-refractivity contribution in [2.24, 2.45) is 0 Å². The smallest absolute Gasteiger partial charge is 0.175 e. The summed E-state index contributed by atoms with van der Waals surface area (Å²) in [5.74, 6) is 0.208. The summed E-state index contributed by atoms with van der Waals surface area (Å²) in [6, 6.07) is 11.3. The van der Waals surface area contributed by atoms with Crippen molar-refractivity contribution >= 4 is 50.8 Å². The van der Waals surface area contributed by atoms with Crippen LogP contribution in [0.4, 0.5) is 0 Å². The number of phenols is 1. The highest BCUT2D eigenvalue weighted by atomic mass is 32.2. The molecule has 4 heteroatoms. The minimum Gasteiger partial charge on any atom is -0.507 e. The number of Topliss-reactive ketones (excluding diaryl/α,β-unsaturated/α-hetero) is 1. The Labute approximate surface area is 127 Å². The zero-order valence-corrected chi connectivity index (χ0v) is 11.6. The number of carbonyl (C=O) groups excluding carboxylic acids is 1. The van der Waals surface area contributed by atoms with E-state index in [0.717, 1.165) is 10.8 Å². The van der Waals surface area contributed by atoms with E-state index in [9.17, 15) is 9.90 Å². The molecule has 20 heavy (non-hydrogen) atoms. The van der Waals surface area contributed by atoms with Crippen LogP contribution >= 0.6 is 24.0 Å². The van der Waals surface area contributed by atoms with Gasteiger partial charge in [0.1, 0.15) is 5.75 Å². The number of hydrogen-bond acceptors (Lipinski definition) is 4. The molecular formula is C16H14O2S2. The third-order valence-corrected chi connectivity index (χ3v) is 4.36. The lowest BCUT2D eigenvalue weighted by atomic mass is 10.0. The second-order valence-electron chi connectivity index (χ2n) is 4.30. The number of aromatic hydroxyl groups is 1. The average molecular weight is 302 g/mol. The van der Waals surface area contributed by atoms with Crippen LogP contribution in [0.25, 0.3) is 16.8 Å². The van der Waals surface area contributed by atoms with Crippen LogP contribution in [-0.4, -0.2) is 15.1 Å². The molecule has 2 aromatic carbocycles. The van der Waals surface area contributed by atoms with Gasteiger partial charge in [-0.1, -0.05) is 61.7 Å². The average Bonchev–Trinajstić information content (AvgIpc) is 2.71. The Morgan fingerprint density at radius 1 is 1.20 bits per heavy atom. The highest BCUT2D eigenvalue weighted by Gasteiger charge is 2.23. The van der Waals surface area contributed by atoms with Crippen LogP contribution in [0.1, 0.15) is 19.4 Å². The molecule has 2 aromatic rings. The van der Waals surface area contributed by atoms with Crippen LogP contribution in [0.3, 0.4) is 0 Å². The van der Waals surface area contributed by atoms with Gasteiger partial charge in [0.2, 0.25) is 0 Å². The molecule has 0 aliphatic carbocycles. The van der Waals surface area contributed by atoms with Crippen molar-refractivity contribution in [3.05, 3.63) is 46.9 Å². The number of fused-ring (bicyclic) bond motifs is 1. The van der Waals surface area contributed by atoms with E-state index in [1.165, 1.54) is 11.8 Å². The molecule has 1 heterocycles. The largest absolute Gasteiger partial charge is 0.507 e. The Bertz CT molecular complexity index is 732. The summed E-state index contributed by atoms with van der Waals surface area (Å²) in [7, 11) is 0. The molecule has 0 bridgehead atoms. The minimum absolute atomic E-state index is 0. The standard InChI is InChI=1S/C15H10O2S2.CH4/c16-12-6-5-9-3-1-2-4-10(9)11(12)7-14-13(17)8-15(18)19-14;/h1-7,16H,8H2;1H4/b14-7-;. The number of allylic oxidation sites excluding steroid dienone is 1. The van der Waals surface area contributed by atoms with Crippen molar-refractivity contribution in [2.75, 3.05) is 0 Å². The molecule has 1 aliphatic heterocycles. The summed E-state index contributed by atoms with van der Waals surface area (Å²) in [5, 5.41) is 12.0. The number of phenolic OH excluding ortho intramolecular Hbond substituents is 1. The topological polar surface area (TPSA) is 37.3 Å². The van der Waals surface area contributed by atoms with Crippen LogP contribution < -0.4 is 0 Å². The zero-order valence-electron chi connectivity index (χ0n) is 9.92. The SMILES string of the molecule is C.O=C1CC(=S)S/C1=C\c1c(O)ccc2ccccc12. The van der Waals surface area contributed by atoms with E-state index in [2.05, 4.69) is 0 Å². The minimum atomic E-state index is 0. The van der Waals surface area contributed by atoms with Crippen LogP contribution in [0.2, 0.25) is 0 Å². The summed E-state index contributed by atoms with van der Waals surface area (Å²) < 4.78 is 0.691. The molecule has 0 spiro atoms. The summed E-state index contributed by atoms with van der Waals surface area (Å²) in [4.78, 5) is 12.4. The lowest BCUT2D eigenvalue weighted by Crippen LogP contribution is -1.91. The molecular weight excluding hydrogens is 288 g/mol. The molecule has 1 aliphatic rings. The molecule has 2 nitrogen and oxygen atoms in total. The molecule has 102 valence electrons. The van der Waals surface area contributed by atoms with Crippen molar-refractivity contribution in [1.82, 2.24) is 0 Å². The summed E-state index contributed by atoms with van der Waals surface area (Å²) in [5.41, 5.74) is 0.679. The van der Waals surface area contributed by atoms with Gasteiger partial charge >= 0.3 is 0 Å². The summed E-state index contributed by atoms with van der Waals surface area (Å²) in [6.07, 6.45) is 2.06. The molecule has 1 fully saturated rings. The van der Waals surface area contributed by atoms with Crippen LogP contribution in [0.15, 0.2) is 41.3 Å². The molecule has 0 saturated carbocycles. The summed E-state index contributed by atoms with van der Waals surface area (Å²) >= 11 is 6.37. The zero-order chi connectivity index (χ0) is 13.4. The number of thiocarbonyl (C=S) groups is 1. The Morgan fingerprint density at radius 3 is 2.65 bits per heavy atom. The third kappa shape index (κ3) is 2.62. The fourth-order valence-corrected chi connectivity index (χ4v) is 3.32. The van der Waals surface area contributed by atoms with E-state index in [4.69, 9.17) is 12.2 Å². The molecule has 3 rings (SSSR count). The van der Waals surface area contributed by atoms with E-state index < -0.39 is 0 Å². The third-order valence-electron chi connectivity index (χ3n) is 3.03. The Kier molecular flexibility index (Phi) is 4.26. The summed E-state index contributed by atoms with van der Waals surface area (Å²) in [6.45, 7) is 0. The van der Waals surface area contributed by atoms with Gasteiger partial charge in [-0.2, -0.15) is 0 Å². The van der Waals surface area contributed by atoms with Crippen molar-refractivity contribution in [3.63, 3.8) is 0 Å². The number of rotatable bonds is 1. The Balaban J connectivity index is 0.00000147. The van der Waals surface area contributed by atoms with Gasteiger partial charge in [0.05, 0.1) is 15.5 Å². The van der Waals surface area contributed by atoms with Crippen molar-refractivity contribution < 1.29 is 9.90 Å². The number of thioether (sulfide) groups is 1. The Morgan fingerprint density at radius 2 is 1.95 bits per heavy atom. The number of benzene rings is 2. The fourth-order valence-electron chi connectivity index (χ4n) is 2.11. The second kappa shape index (κ2) is 5.77. The normalized spacial score (nSPS) is 16.7. The second-order valence-corrected chi connectivity index (χ2v) is 6.19. The molecule has 0 aromatic heterocycles. The van der Waals surface area contributed by atoms with E-state index in [1.54, 1.807) is 12.1 Å². The van der Waals surface area contributed by atoms with Gasteiger partial charge in [0.15, 0.2) is 5.78 Å². The molecule has 0 atom stereocenters. The molecule has 0 radical (unpaired) electrons. The first-order valence-electron chi connectivity index (χ1n) is 5.81. The van der Waals surface area contributed by atoms with Gasteiger partial charge in [-0.15, -0.1) is 0 Å². The molecule has 1 saturated heterocycles.